The minimum atomic E-state index is 0.0597. The maximum atomic E-state index is 12.4. The summed E-state index contributed by atoms with van der Waals surface area (Å²) >= 11 is 1.68. The van der Waals surface area contributed by atoms with Crippen LogP contribution in [0.1, 0.15) is 23.1 Å². The van der Waals surface area contributed by atoms with E-state index in [1.165, 1.54) is 11.1 Å². The van der Waals surface area contributed by atoms with E-state index in [0.717, 1.165) is 22.4 Å². The first-order valence-electron chi connectivity index (χ1n) is 10.4. The van der Waals surface area contributed by atoms with Crippen LogP contribution < -0.4 is 10.1 Å². The van der Waals surface area contributed by atoms with Crippen molar-refractivity contribution in [3.05, 3.63) is 112 Å². The molecule has 156 valence electrons. The van der Waals surface area contributed by atoms with Gasteiger partial charge in [-0.15, -0.1) is 0 Å². The summed E-state index contributed by atoms with van der Waals surface area (Å²) in [7, 11) is 0. The van der Waals surface area contributed by atoms with Crippen molar-refractivity contribution in [3.8, 4) is 16.9 Å². The molecule has 0 bridgehead atoms. The number of nitrogens with one attached hydrogen (secondary N) is 1. The number of rotatable bonds is 9. The minimum Gasteiger partial charge on any atom is -0.489 e. The van der Waals surface area contributed by atoms with Gasteiger partial charge in [-0.3, -0.25) is 4.79 Å². The van der Waals surface area contributed by atoms with Gasteiger partial charge in [-0.05, 0) is 63.2 Å². The quantitative estimate of drug-likeness (QED) is 0.343. The van der Waals surface area contributed by atoms with Crippen molar-refractivity contribution in [2.45, 2.75) is 26.0 Å². The van der Waals surface area contributed by atoms with Gasteiger partial charge >= 0.3 is 0 Å². The number of hydrogen-bond donors (Lipinski definition) is 1. The monoisotopic (exact) mass is 427 g/mol. The Morgan fingerprint density at radius 1 is 0.839 bits per heavy atom. The second-order valence-corrected chi connectivity index (χ2v) is 8.14. The molecule has 4 rings (SSSR count). The number of ether oxygens (including phenoxy) is 1. The van der Waals surface area contributed by atoms with Gasteiger partial charge in [0.1, 0.15) is 12.4 Å². The highest BCUT2D eigenvalue weighted by molar-refractivity contribution is 7.08. The summed E-state index contributed by atoms with van der Waals surface area (Å²) in [4.78, 5) is 12.4. The lowest BCUT2D eigenvalue weighted by Crippen LogP contribution is -2.23. The topological polar surface area (TPSA) is 38.3 Å². The molecule has 0 saturated carbocycles. The van der Waals surface area contributed by atoms with Crippen LogP contribution in [0.2, 0.25) is 0 Å². The minimum absolute atomic E-state index is 0.0597. The van der Waals surface area contributed by atoms with Crippen LogP contribution in [-0.4, -0.2) is 5.91 Å². The van der Waals surface area contributed by atoms with Crippen LogP contribution in [0.15, 0.2) is 95.7 Å². The molecule has 4 aromatic rings. The molecular formula is C27H25NO2S. The fourth-order valence-corrected chi connectivity index (χ4v) is 4.06. The summed E-state index contributed by atoms with van der Waals surface area (Å²) in [5, 5.41) is 7.27. The second-order valence-electron chi connectivity index (χ2n) is 7.36. The Labute approximate surface area is 187 Å². The van der Waals surface area contributed by atoms with Gasteiger partial charge in [0.2, 0.25) is 5.91 Å². The number of benzene rings is 3. The Morgan fingerprint density at radius 2 is 1.61 bits per heavy atom. The Kier molecular flexibility index (Phi) is 7.14. The molecule has 1 amide bonds. The summed E-state index contributed by atoms with van der Waals surface area (Å²) in [6.07, 6.45) is 1.17. The van der Waals surface area contributed by atoms with Gasteiger partial charge in [0.15, 0.2) is 0 Å². The largest absolute Gasteiger partial charge is 0.489 e. The Hall–Kier alpha value is -3.37. The van der Waals surface area contributed by atoms with E-state index in [9.17, 15) is 4.79 Å². The summed E-state index contributed by atoms with van der Waals surface area (Å²) in [6, 6.07) is 28.4. The predicted molar refractivity (Wildman–Crippen MR) is 127 cm³/mol. The molecule has 3 aromatic carbocycles. The molecule has 0 aliphatic rings. The molecule has 4 heteroatoms. The van der Waals surface area contributed by atoms with E-state index in [1.54, 1.807) is 11.3 Å². The molecule has 0 atom stereocenters. The number of hydrogen-bond acceptors (Lipinski definition) is 3. The van der Waals surface area contributed by atoms with Gasteiger partial charge in [0, 0.05) is 13.0 Å². The maximum absolute atomic E-state index is 12.4. The number of carbonyl (C=O) groups is 1. The van der Waals surface area contributed by atoms with Gasteiger partial charge in [-0.1, -0.05) is 66.7 Å². The lowest BCUT2D eigenvalue weighted by atomic mass is 10.0. The van der Waals surface area contributed by atoms with Gasteiger partial charge < -0.3 is 10.1 Å². The van der Waals surface area contributed by atoms with Crippen LogP contribution in [0, 0.1) is 0 Å². The first kappa shape index (κ1) is 20.9. The van der Waals surface area contributed by atoms with Crippen LogP contribution in [0.3, 0.4) is 0 Å². The third kappa shape index (κ3) is 6.06. The van der Waals surface area contributed by atoms with Crippen LogP contribution in [0.5, 0.6) is 5.75 Å². The molecule has 0 unspecified atom stereocenters. The Bertz CT molecular complexity index is 1090. The van der Waals surface area contributed by atoms with Crippen molar-refractivity contribution >= 4 is 17.2 Å². The summed E-state index contributed by atoms with van der Waals surface area (Å²) in [5.74, 6) is 0.895. The normalized spacial score (nSPS) is 10.6. The average molecular weight is 428 g/mol. The molecule has 0 radical (unpaired) electrons. The Balaban J connectivity index is 1.24. The van der Waals surface area contributed by atoms with E-state index in [2.05, 4.69) is 34.3 Å². The van der Waals surface area contributed by atoms with E-state index < -0.39 is 0 Å². The van der Waals surface area contributed by atoms with Crippen molar-refractivity contribution in [2.24, 2.45) is 0 Å². The molecule has 0 saturated heterocycles. The molecule has 1 heterocycles. The van der Waals surface area contributed by atoms with E-state index in [-0.39, 0.29) is 5.91 Å². The zero-order valence-electron chi connectivity index (χ0n) is 17.3. The van der Waals surface area contributed by atoms with Crippen LogP contribution in [0.4, 0.5) is 0 Å². The number of carbonyl (C=O) groups excluding carboxylic acids is 1. The van der Waals surface area contributed by atoms with Crippen LogP contribution in [-0.2, 0) is 24.4 Å². The van der Waals surface area contributed by atoms with Crippen molar-refractivity contribution in [3.63, 3.8) is 0 Å². The van der Waals surface area contributed by atoms with Crippen LogP contribution >= 0.6 is 11.3 Å². The standard InChI is InChI=1S/C27H25NO2S/c29-27(28-18-23-8-4-5-9-26(23)24-16-17-31-20-24)15-12-21-10-13-25(14-11-21)30-19-22-6-2-1-3-7-22/h1-11,13-14,16-17,20H,12,15,18-19H2,(H,28,29). The lowest BCUT2D eigenvalue weighted by Gasteiger charge is -2.10. The van der Waals surface area contributed by atoms with E-state index >= 15 is 0 Å². The van der Waals surface area contributed by atoms with Gasteiger partial charge in [0.25, 0.3) is 0 Å². The number of amides is 1. The molecule has 0 aliphatic carbocycles. The zero-order valence-corrected chi connectivity index (χ0v) is 18.1. The van der Waals surface area contributed by atoms with Crippen molar-refractivity contribution in [2.75, 3.05) is 0 Å². The summed E-state index contributed by atoms with van der Waals surface area (Å²) < 4.78 is 5.82. The highest BCUT2D eigenvalue weighted by atomic mass is 32.1. The van der Waals surface area contributed by atoms with E-state index in [1.807, 2.05) is 66.7 Å². The molecule has 0 spiro atoms. The Morgan fingerprint density at radius 3 is 2.39 bits per heavy atom. The maximum Gasteiger partial charge on any atom is 0.220 e. The van der Waals surface area contributed by atoms with Gasteiger partial charge in [0.05, 0.1) is 0 Å². The highest BCUT2D eigenvalue weighted by Gasteiger charge is 2.07. The first-order chi connectivity index (χ1) is 15.3. The van der Waals surface area contributed by atoms with Gasteiger partial charge in [-0.2, -0.15) is 11.3 Å². The van der Waals surface area contributed by atoms with Crippen molar-refractivity contribution in [1.29, 1.82) is 0 Å². The molecule has 0 fully saturated rings. The molecule has 3 nitrogen and oxygen atoms in total. The van der Waals surface area contributed by atoms with E-state index in [0.29, 0.717) is 26.0 Å². The smallest absolute Gasteiger partial charge is 0.220 e. The van der Waals surface area contributed by atoms with Crippen molar-refractivity contribution < 1.29 is 9.53 Å². The van der Waals surface area contributed by atoms with Gasteiger partial charge in [-0.25, -0.2) is 0 Å². The summed E-state index contributed by atoms with van der Waals surface area (Å²) in [5.41, 5.74) is 5.78. The van der Waals surface area contributed by atoms with E-state index in [4.69, 9.17) is 4.74 Å². The molecular weight excluding hydrogens is 402 g/mol. The zero-order chi connectivity index (χ0) is 21.3. The lowest BCUT2D eigenvalue weighted by molar-refractivity contribution is -0.121. The molecule has 0 aliphatic heterocycles. The first-order valence-corrected chi connectivity index (χ1v) is 11.3. The van der Waals surface area contributed by atoms with Crippen LogP contribution in [0.25, 0.3) is 11.1 Å². The average Bonchev–Trinajstić information content (AvgIpc) is 3.36. The SMILES string of the molecule is O=C(CCc1ccc(OCc2ccccc2)cc1)NCc1ccccc1-c1ccsc1. The van der Waals surface area contributed by atoms with Crippen molar-refractivity contribution in [1.82, 2.24) is 5.32 Å². The fraction of sp³-hybridized carbons (Fsp3) is 0.148. The number of thiophene rings is 1. The highest BCUT2D eigenvalue weighted by Crippen LogP contribution is 2.25. The predicted octanol–water partition coefficient (Wildman–Crippen LogP) is 6.24. The third-order valence-electron chi connectivity index (χ3n) is 5.14. The second kappa shape index (κ2) is 10.6. The fourth-order valence-electron chi connectivity index (χ4n) is 3.41. The summed E-state index contributed by atoms with van der Waals surface area (Å²) in [6.45, 7) is 1.09. The molecule has 1 aromatic heterocycles. The number of aryl methyl sites for hydroxylation is 1. The third-order valence-corrected chi connectivity index (χ3v) is 5.82. The molecule has 1 N–H and O–H groups in total. The molecule has 31 heavy (non-hydrogen) atoms.